The number of benzene rings is 2. The lowest BCUT2D eigenvalue weighted by Crippen LogP contribution is -2.41. The molecule has 2 heterocycles. The molecular formula is C25H31BO2Si. The monoisotopic (exact) mass is 402 g/mol. The van der Waals surface area contributed by atoms with E-state index in [1.54, 1.807) is 0 Å². The largest absolute Gasteiger partial charge is 0.494 e. The van der Waals surface area contributed by atoms with Crippen LogP contribution in [0.15, 0.2) is 61.2 Å². The first-order chi connectivity index (χ1) is 13.6. The molecule has 2 aromatic rings. The van der Waals surface area contributed by atoms with E-state index in [1.807, 2.05) is 6.08 Å². The van der Waals surface area contributed by atoms with Gasteiger partial charge in [0.15, 0.2) is 0 Å². The van der Waals surface area contributed by atoms with Gasteiger partial charge < -0.3 is 9.31 Å². The summed E-state index contributed by atoms with van der Waals surface area (Å²) in [6.07, 6.45) is 2.93. The second-order valence-electron chi connectivity index (χ2n) is 9.73. The van der Waals surface area contributed by atoms with Crippen molar-refractivity contribution in [3.05, 3.63) is 72.3 Å². The summed E-state index contributed by atoms with van der Waals surface area (Å²) in [5.74, 6) is 0. The van der Waals surface area contributed by atoms with Crippen LogP contribution in [0.5, 0.6) is 0 Å². The highest BCUT2D eigenvalue weighted by molar-refractivity contribution is 7.07. The van der Waals surface area contributed by atoms with Crippen molar-refractivity contribution in [2.24, 2.45) is 0 Å². The Morgan fingerprint density at radius 1 is 0.931 bits per heavy atom. The van der Waals surface area contributed by atoms with Crippen LogP contribution in [0.1, 0.15) is 45.2 Å². The van der Waals surface area contributed by atoms with E-state index in [0.717, 1.165) is 11.9 Å². The molecule has 0 aromatic heterocycles. The number of fused-ring (bicyclic) bond motifs is 1. The third-order valence-electron chi connectivity index (χ3n) is 6.93. The van der Waals surface area contributed by atoms with Gasteiger partial charge in [-0.3, -0.25) is 0 Å². The van der Waals surface area contributed by atoms with Gasteiger partial charge in [-0.2, -0.15) is 0 Å². The van der Waals surface area contributed by atoms with Gasteiger partial charge in [0.25, 0.3) is 0 Å². The van der Waals surface area contributed by atoms with E-state index in [0.29, 0.717) is 0 Å². The quantitative estimate of drug-likeness (QED) is 0.533. The van der Waals surface area contributed by atoms with Crippen LogP contribution >= 0.6 is 0 Å². The highest BCUT2D eigenvalue weighted by atomic mass is 28.3. The fourth-order valence-corrected chi connectivity index (χ4v) is 8.18. The van der Waals surface area contributed by atoms with E-state index >= 15 is 0 Å². The zero-order valence-electron chi connectivity index (χ0n) is 18.5. The van der Waals surface area contributed by atoms with Gasteiger partial charge in [-0.05, 0) is 66.7 Å². The maximum Gasteiger partial charge on any atom is 0.494 e. The summed E-state index contributed by atoms with van der Waals surface area (Å²) in [4.78, 5) is 0. The van der Waals surface area contributed by atoms with E-state index in [4.69, 9.17) is 9.31 Å². The van der Waals surface area contributed by atoms with Crippen molar-refractivity contribution in [2.45, 2.75) is 58.4 Å². The zero-order valence-corrected chi connectivity index (χ0v) is 19.5. The summed E-state index contributed by atoms with van der Waals surface area (Å²) in [7, 11) is -2.07. The molecule has 4 heteroatoms. The molecule has 0 saturated carbocycles. The van der Waals surface area contributed by atoms with Crippen molar-refractivity contribution in [3.8, 4) is 0 Å². The van der Waals surface area contributed by atoms with Crippen LogP contribution in [0.4, 0.5) is 0 Å². The van der Waals surface area contributed by atoms with Gasteiger partial charge in [0.05, 0.1) is 11.2 Å². The molecule has 150 valence electrons. The molecule has 2 nitrogen and oxygen atoms in total. The van der Waals surface area contributed by atoms with Crippen LogP contribution in [0, 0.1) is 0 Å². The predicted molar refractivity (Wildman–Crippen MR) is 127 cm³/mol. The topological polar surface area (TPSA) is 18.5 Å². The lowest BCUT2D eigenvalue weighted by atomic mass is 9.79. The Bertz CT molecular complexity index is 970. The molecule has 1 fully saturated rings. The fraction of sp³-hybridized carbons (Fsp3) is 0.360. The minimum absolute atomic E-state index is 0.318. The molecule has 29 heavy (non-hydrogen) atoms. The van der Waals surface area contributed by atoms with Crippen molar-refractivity contribution in [1.29, 1.82) is 0 Å². The average Bonchev–Trinajstić information content (AvgIpc) is 3.02. The fourth-order valence-electron chi connectivity index (χ4n) is 4.62. The Morgan fingerprint density at radius 3 is 2.10 bits per heavy atom. The smallest absolute Gasteiger partial charge is 0.399 e. The number of hydrogen-bond donors (Lipinski definition) is 0. The summed E-state index contributed by atoms with van der Waals surface area (Å²) in [5, 5.41) is 3.06. The Kier molecular flexibility index (Phi) is 4.81. The van der Waals surface area contributed by atoms with Gasteiger partial charge in [-0.15, -0.1) is 6.58 Å². The van der Waals surface area contributed by atoms with Crippen LogP contribution in [0.25, 0.3) is 10.8 Å². The Hall–Kier alpha value is -1.88. The van der Waals surface area contributed by atoms with Crippen LogP contribution in [-0.4, -0.2) is 26.4 Å². The minimum Gasteiger partial charge on any atom is -0.399 e. The molecule has 0 bridgehead atoms. The van der Waals surface area contributed by atoms with Crippen molar-refractivity contribution >= 4 is 36.6 Å². The third-order valence-corrected chi connectivity index (χ3v) is 10.5. The zero-order chi connectivity index (χ0) is 21.0. The van der Waals surface area contributed by atoms with Crippen molar-refractivity contribution < 1.29 is 9.31 Å². The van der Waals surface area contributed by atoms with Gasteiger partial charge in [0.1, 0.15) is 8.07 Å². The lowest BCUT2D eigenvalue weighted by molar-refractivity contribution is 0.00578. The van der Waals surface area contributed by atoms with Gasteiger partial charge in [0.2, 0.25) is 0 Å². The van der Waals surface area contributed by atoms with Gasteiger partial charge in [0, 0.05) is 0 Å². The highest BCUT2D eigenvalue weighted by Gasteiger charge is 2.51. The van der Waals surface area contributed by atoms with Crippen LogP contribution < -0.4 is 10.6 Å². The Balaban J connectivity index is 1.72. The molecule has 0 atom stereocenters. The predicted octanol–water partition coefficient (Wildman–Crippen LogP) is 4.94. The molecule has 1 saturated heterocycles. The summed E-state index contributed by atoms with van der Waals surface area (Å²) < 4.78 is 12.5. The standard InChI is InChI=1S/C25H31BO2Si/c1-8-11-21-20-12-9-10-13-22(20)29(6,7)23(21)18-14-16-19(17-15-18)26-27-24(2,3)25(4,5)28-26/h8-10,12-17H,1,11H2,2-7H3. The highest BCUT2D eigenvalue weighted by Crippen LogP contribution is 2.41. The molecule has 2 aliphatic heterocycles. The molecule has 4 rings (SSSR count). The summed E-state index contributed by atoms with van der Waals surface area (Å²) in [5.41, 5.74) is 4.60. The van der Waals surface area contributed by atoms with Crippen LogP contribution in [0.3, 0.4) is 0 Å². The second-order valence-corrected chi connectivity index (χ2v) is 14.0. The normalized spacial score (nSPS) is 21.4. The molecule has 0 aliphatic carbocycles. The van der Waals surface area contributed by atoms with Gasteiger partial charge >= 0.3 is 7.12 Å². The molecule has 0 radical (unpaired) electrons. The van der Waals surface area contributed by atoms with Crippen LogP contribution in [-0.2, 0) is 9.31 Å². The third kappa shape index (κ3) is 3.18. The van der Waals surface area contributed by atoms with Gasteiger partial charge in [-0.1, -0.05) is 67.7 Å². The SMILES string of the molecule is C=CCC1=C(c2ccc(B3OC(C)(C)C(C)(C)O3)cc2)[Si](C)(C)c2ccccc21. The maximum atomic E-state index is 6.23. The minimum atomic E-state index is -1.76. The molecule has 0 spiro atoms. The first kappa shape index (κ1) is 20.4. The molecule has 2 aliphatic rings. The molecule has 0 unspecified atom stereocenters. The number of allylic oxidation sites excluding steroid dienone is 2. The number of rotatable bonds is 4. The van der Waals surface area contributed by atoms with E-state index in [2.05, 4.69) is 95.9 Å². The summed E-state index contributed by atoms with van der Waals surface area (Å²) in [6.45, 7) is 17.3. The molecule has 0 amide bonds. The average molecular weight is 402 g/mol. The Morgan fingerprint density at radius 2 is 1.52 bits per heavy atom. The first-order valence-corrected chi connectivity index (χ1v) is 13.5. The molecule has 0 N–H and O–H groups in total. The molecule has 2 aromatic carbocycles. The van der Waals surface area contributed by atoms with Gasteiger partial charge in [-0.25, -0.2) is 0 Å². The summed E-state index contributed by atoms with van der Waals surface area (Å²) in [6, 6.07) is 17.7. The van der Waals surface area contributed by atoms with E-state index in [-0.39, 0.29) is 18.3 Å². The number of hydrogen-bond acceptors (Lipinski definition) is 2. The van der Waals surface area contributed by atoms with Crippen LogP contribution in [0.2, 0.25) is 13.1 Å². The summed E-state index contributed by atoms with van der Waals surface area (Å²) >= 11 is 0. The van der Waals surface area contributed by atoms with Crippen molar-refractivity contribution in [1.82, 2.24) is 0 Å². The molecular weight excluding hydrogens is 371 g/mol. The Labute approximate surface area is 176 Å². The second kappa shape index (κ2) is 6.83. The van der Waals surface area contributed by atoms with E-state index in [1.165, 1.54) is 27.1 Å². The maximum absolute atomic E-state index is 6.23. The first-order valence-electron chi connectivity index (χ1n) is 10.5. The van der Waals surface area contributed by atoms with Crippen molar-refractivity contribution in [3.63, 3.8) is 0 Å². The lowest BCUT2D eigenvalue weighted by Gasteiger charge is -2.32. The van der Waals surface area contributed by atoms with Crippen molar-refractivity contribution in [2.75, 3.05) is 0 Å². The van der Waals surface area contributed by atoms with E-state index in [9.17, 15) is 0 Å². The van der Waals surface area contributed by atoms with E-state index < -0.39 is 8.07 Å².